The number of esters is 1. The minimum absolute atomic E-state index is 0.0351. The third kappa shape index (κ3) is 5.88. The monoisotopic (exact) mass is 212 g/mol. The van der Waals surface area contributed by atoms with Crippen molar-refractivity contribution in [1.29, 1.82) is 0 Å². The van der Waals surface area contributed by atoms with Crippen LogP contribution in [0.3, 0.4) is 0 Å². The van der Waals surface area contributed by atoms with Crippen LogP contribution in [0, 0.1) is 5.41 Å². The van der Waals surface area contributed by atoms with Crippen molar-refractivity contribution in [2.45, 2.75) is 27.7 Å². The maximum Gasteiger partial charge on any atom is 0.332 e. The van der Waals surface area contributed by atoms with Gasteiger partial charge in [-0.3, -0.25) is 5.01 Å². The molecule has 0 unspecified atom stereocenters. The lowest BCUT2D eigenvalue weighted by molar-refractivity contribution is -0.134. The Morgan fingerprint density at radius 1 is 1.40 bits per heavy atom. The molecule has 86 valence electrons. The van der Waals surface area contributed by atoms with Crippen LogP contribution in [0.2, 0.25) is 0 Å². The number of hydrazone groups is 1. The Labute approximate surface area is 91.6 Å². The number of carbonyl (C=O) groups is 1. The molecule has 0 saturated heterocycles. The molecular weight excluding hydrogens is 192 g/mol. The molecule has 0 fully saturated rings. The van der Waals surface area contributed by atoms with Gasteiger partial charge in [-0.1, -0.05) is 20.8 Å². The lowest BCUT2D eigenvalue weighted by Gasteiger charge is -2.19. The van der Waals surface area contributed by atoms with Crippen LogP contribution >= 0.6 is 0 Å². The number of methoxy groups -OCH3 is 1. The number of ether oxygens (including phenoxy) is 1. The molecule has 0 bridgehead atoms. The van der Waals surface area contributed by atoms with Gasteiger partial charge in [-0.05, 0) is 6.92 Å². The van der Waals surface area contributed by atoms with Crippen LogP contribution in [0.15, 0.2) is 17.4 Å². The standard InChI is InChI=1S/C11H20N2O2/c1-9(11(2,3)4)12-13(5)8-7-10(14)15-6/h7-8H,1-6H3/b8-7+,12-9?. The minimum Gasteiger partial charge on any atom is -0.466 e. The van der Waals surface area contributed by atoms with E-state index in [1.165, 1.54) is 13.2 Å². The van der Waals surface area contributed by atoms with E-state index >= 15 is 0 Å². The van der Waals surface area contributed by atoms with Crippen molar-refractivity contribution < 1.29 is 9.53 Å². The van der Waals surface area contributed by atoms with Gasteiger partial charge in [-0.25, -0.2) is 4.79 Å². The number of carbonyl (C=O) groups excluding carboxylic acids is 1. The van der Waals surface area contributed by atoms with Gasteiger partial charge in [-0.2, -0.15) is 5.10 Å². The fourth-order valence-corrected chi connectivity index (χ4v) is 0.657. The molecule has 0 spiro atoms. The van der Waals surface area contributed by atoms with Crippen molar-refractivity contribution in [1.82, 2.24) is 5.01 Å². The highest BCUT2D eigenvalue weighted by Gasteiger charge is 2.14. The summed E-state index contributed by atoms with van der Waals surface area (Å²) in [5.41, 5.74) is 1.03. The molecule has 0 aromatic rings. The van der Waals surface area contributed by atoms with Gasteiger partial charge in [0.1, 0.15) is 0 Å². The van der Waals surface area contributed by atoms with Crippen LogP contribution in [0.1, 0.15) is 27.7 Å². The zero-order chi connectivity index (χ0) is 12.1. The first-order valence-electron chi connectivity index (χ1n) is 4.82. The molecule has 4 heteroatoms. The van der Waals surface area contributed by atoms with Gasteiger partial charge in [0.15, 0.2) is 0 Å². The minimum atomic E-state index is -0.384. The summed E-state index contributed by atoms with van der Waals surface area (Å²) in [5.74, 6) is -0.384. The van der Waals surface area contributed by atoms with Gasteiger partial charge < -0.3 is 4.74 Å². The van der Waals surface area contributed by atoms with Crippen LogP contribution in [0.25, 0.3) is 0 Å². The third-order valence-corrected chi connectivity index (χ3v) is 2.02. The van der Waals surface area contributed by atoms with Crippen LogP contribution in [-0.2, 0) is 9.53 Å². The van der Waals surface area contributed by atoms with Crippen LogP contribution in [-0.4, -0.2) is 30.8 Å². The quantitative estimate of drug-likeness (QED) is 0.311. The molecule has 0 aromatic heterocycles. The van der Waals surface area contributed by atoms with Crippen molar-refractivity contribution >= 4 is 11.7 Å². The SMILES string of the molecule is COC(=O)/C=C/N(C)N=C(C)C(C)(C)C. The molecule has 0 rings (SSSR count). The van der Waals surface area contributed by atoms with Crippen LogP contribution in [0.5, 0.6) is 0 Å². The summed E-state index contributed by atoms with van der Waals surface area (Å²) < 4.78 is 4.47. The highest BCUT2D eigenvalue weighted by Crippen LogP contribution is 2.15. The van der Waals surface area contributed by atoms with Crippen molar-refractivity contribution in [3.05, 3.63) is 12.3 Å². The summed E-state index contributed by atoms with van der Waals surface area (Å²) in [6, 6.07) is 0. The first-order chi connectivity index (χ1) is 6.77. The topological polar surface area (TPSA) is 41.9 Å². The van der Waals surface area contributed by atoms with Crippen LogP contribution < -0.4 is 0 Å². The third-order valence-electron chi connectivity index (χ3n) is 2.02. The fourth-order valence-electron chi connectivity index (χ4n) is 0.657. The zero-order valence-electron chi connectivity index (χ0n) is 10.4. The molecule has 0 aliphatic carbocycles. The lowest BCUT2D eigenvalue weighted by atomic mass is 9.91. The van der Waals surface area contributed by atoms with E-state index in [0.29, 0.717) is 0 Å². The molecule has 0 aliphatic heterocycles. The Morgan fingerprint density at radius 3 is 2.33 bits per heavy atom. The summed E-state index contributed by atoms with van der Waals surface area (Å²) in [6.45, 7) is 8.22. The van der Waals surface area contributed by atoms with Gasteiger partial charge >= 0.3 is 5.97 Å². The molecule has 0 atom stereocenters. The summed E-state index contributed by atoms with van der Waals surface area (Å²) >= 11 is 0. The Morgan fingerprint density at radius 2 is 1.93 bits per heavy atom. The van der Waals surface area contributed by atoms with E-state index in [4.69, 9.17) is 0 Å². The number of hydrogen-bond donors (Lipinski definition) is 0. The molecule has 0 aromatic carbocycles. The van der Waals surface area contributed by atoms with E-state index in [9.17, 15) is 4.79 Å². The summed E-state index contributed by atoms with van der Waals surface area (Å²) in [4.78, 5) is 10.8. The van der Waals surface area contributed by atoms with Crippen molar-refractivity contribution in [3.63, 3.8) is 0 Å². The highest BCUT2D eigenvalue weighted by molar-refractivity contribution is 5.86. The highest BCUT2D eigenvalue weighted by atomic mass is 16.5. The predicted molar refractivity (Wildman–Crippen MR) is 61.5 cm³/mol. The average molecular weight is 212 g/mol. The summed E-state index contributed by atoms with van der Waals surface area (Å²) in [7, 11) is 3.12. The van der Waals surface area contributed by atoms with Gasteiger partial charge in [0.05, 0.1) is 7.11 Å². The van der Waals surface area contributed by atoms with Gasteiger partial charge in [0, 0.05) is 30.5 Å². The second-order valence-electron chi connectivity index (χ2n) is 4.35. The second kappa shape index (κ2) is 5.53. The van der Waals surface area contributed by atoms with E-state index in [1.54, 1.807) is 18.3 Å². The first-order valence-corrected chi connectivity index (χ1v) is 4.82. The predicted octanol–water partition coefficient (Wildman–Crippen LogP) is 2.03. The smallest absolute Gasteiger partial charge is 0.332 e. The fraction of sp³-hybridized carbons (Fsp3) is 0.636. The second-order valence-corrected chi connectivity index (χ2v) is 4.35. The van der Waals surface area contributed by atoms with E-state index in [0.717, 1.165) is 5.71 Å². The van der Waals surface area contributed by atoms with Gasteiger partial charge in [-0.15, -0.1) is 0 Å². The zero-order valence-corrected chi connectivity index (χ0v) is 10.4. The van der Waals surface area contributed by atoms with Gasteiger partial charge in [0.25, 0.3) is 0 Å². The molecule has 0 amide bonds. The maximum atomic E-state index is 10.8. The average Bonchev–Trinajstić information content (AvgIpc) is 2.12. The lowest BCUT2D eigenvalue weighted by Crippen LogP contribution is -2.20. The number of hydrogen-bond acceptors (Lipinski definition) is 4. The Hall–Kier alpha value is -1.32. The van der Waals surface area contributed by atoms with Crippen molar-refractivity contribution in [2.75, 3.05) is 14.2 Å². The van der Waals surface area contributed by atoms with E-state index in [1.807, 2.05) is 6.92 Å². The van der Waals surface area contributed by atoms with E-state index < -0.39 is 0 Å². The summed E-state index contributed by atoms with van der Waals surface area (Å²) in [6.07, 6.45) is 2.90. The molecule has 0 aliphatic rings. The van der Waals surface area contributed by atoms with Crippen molar-refractivity contribution in [2.24, 2.45) is 10.5 Å². The maximum absolute atomic E-state index is 10.8. The normalized spacial score (nSPS) is 13.1. The van der Waals surface area contributed by atoms with Crippen molar-refractivity contribution in [3.8, 4) is 0 Å². The molecular formula is C11H20N2O2. The van der Waals surface area contributed by atoms with Gasteiger partial charge in [0.2, 0.25) is 0 Å². The molecule has 4 nitrogen and oxygen atoms in total. The Kier molecular flexibility index (Phi) is 5.05. The molecule has 15 heavy (non-hydrogen) atoms. The largest absolute Gasteiger partial charge is 0.466 e. The van der Waals surface area contributed by atoms with E-state index in [2.05, 4.69) is 30.6 Å². The molecule has 0 heterocycles. The molecule has 0 saturated carbocycles. The summed E-state index contributed by atoms with van der Waals surface area (Å²) in [5, 5.41) is 5.90. The molecule has 0 N–H and O–H groups in total. The first kappa shape index (κ1) is 13.7. The number of nitrogens with zero attached hydrogens (tertiary/aromatic N) is 2. The van der Waals surface area contributed by atoms with E-state index in [-0.39, 0.29) is 11.4 Å². The Balaban J connectivity index is 4.43. The number of rotatable bonds is 3. The Bertz CT molecular complexity index is 275. The molecule has 0 radical (unpaired) electrons. The van der Waals surface area contributed by atoms with Crippen LogP contribution in [0.4, 0.5) is 0 Å².